The molecule has 2 aromatic carbocycles. The van der Waals surface area contributed by atoms with E-state index in [1.54, 1.807) is 11.0 Å². The molecule has 1 atom stereocenters. The normalized spacial score (nSPS) is 18.7. The maximum absolute atomic E-state index is 13.0. The molecule has 1 fully saturated rings. The molecule has 1 saturated heterocycles. The zero-order valence-electron chi connectivity index (χ0n) is 17.3. The highest BCUT2D eigenvalue weighted by Gasteiger charge is 2.29. The number of nitrogens with zero attached hydrogens (tertiary/aromatic N) is 1. The Bertz CT molecular complexity index is 1120. The number of likely N-dealkylation sites (tertiary alicyclic amines) is 1. The topological polar surface area (TPSA) is 95.6 Å². The first kappa shape index (κ1) is 22.8. The second-order valence-electron chi connectivity index (χ2n) is 7.90. The number of rotatable bonds is 6. The van der Waals surface area contributed by atoms with Crippen molar-refractivity contribution in [3.63, 3.8) is 0 Å². The zero-order valence-corrected chi connectivity index (χ0v) is 19.0. The lowest BCUT2D eigenvalue weighted by atomic mass is 10.1. The third-order valence-corrected chi connectivity index (χ3v) is 8.22. The van der Waals surface area contributed by atoms with Crippen LogP contribution in [0, 0.1) is 11.7 Å². The molecule has 0 spiro atoms. The van der Waals surface area contributed by atoms with Gasteiger partial charge in [-0.05, 0) is 48.7 Å². The van der Waals surface area contributed by atoms with Gasteiger partial charge in [-0.25, -0.2) is 17.5 Å². The van der Waals surface area contributed by atoms with E-state index in [9.17, 15) is 22.4 Å². The van der Waals surface area contributed by atoms with E-state index >= 15 is 0 Å². The Morgan fingerprint density at radius 2 is 1.88 bits per heavy atom. The molecule has 0 saturated carbocycles. The second-order valence-corrected chi connectivity index (χ2v) is 10.7. The van der Waals surface area contributed by atoms with Gasteiger partial charge in [0.1, 0.15) is 5.82 Å². The molecule has 4 rings (SSSR count). The number of thioether (sulfide) groups is 1. The first-order valence-electron chi connectivity index (χ1n) is 10.4. The van der Waals surface area contributed by atoms with Crippen LogP contribution in [0.3, 0.4) is 0 Å². The van der Waals surface area contributed by atoms with E-state index in [1.165, 1.54) is 48.2 Å². The van der Waals surface area contributed by atoms with Gasteiger partial charge in [0.05, 0.1) is 16.5 Å². The first-order chi connectivity index (χ1) is 15.3. The molecule has 10 heteroatoms. The van der Waals surface area contributed by atoms with Crippen LogP contribution >= 0.6 is 11.8 Å². The summed E-state index contributed by atoms with van der Waals surface area (Å²) in [4.78, 5) is 27.8. The lowest BCUT2D eigenvalue weighted by Crippen LogP contribution is -2.33. The van der Waals surface area contributed by atoms with Crippen molar-refractivity contribution >= 4 is 39.3 Å². The van der Waals surface area contributed by atoms with Gasteiger partial charge in [-0.3, -0.25) is 9.59 Å². The Morgan fingerprint density at radius 1 is 1.16 bits per heavy atom. The number of benzene rings is 2. The number of anilines is 1. The fourth-order valence-electron chi connectivity index (χ4n) is 3.72. The predicted octanol–water partition coefficient (Wildman–Crippen LogP) is 2.98. The number of hydrogen-bond donors (Lipinski definition) is 2. The molecule has 170 valence electrons. The quantitative estimate of drug-likeness (QED) is 0.667. The molecule has 2 aliphatic heterocycles. The molecule has 2 aromatic rings. The summed E-state index contributed by atoms with van der Waals surface area (Å²) < 4.78 is 41.0. The van der Waals surface area contributed by atoms with Crippen LogP contribution in [0.25, 0.3) is 0 Å². The van der Waals surface area contributed by atoms with Gasteiger partial charge in [0.2, 0.25) is 21.8 Å². The molecule has 2 amide bonds. The van der Waals surface area contributed by atoms with Crippen LogP contribution < -0.4 is 10.0 Å². The van der Waals surface area contributed by atoms with Gasteiger partial charge in [0.15, 0.2) is 0 Å². The highest BCUT2D eigenvalue weighted by molar-refractivity contribution is 7.99. The lowest BCUT2D eigenvalue weighted by Gasteiger charge is -2.18. The van der Waals surface area contributed by atoms with E-state index in [2.05, 4.69) is 10.0 Å². The SMILES string of the molecule is O=C1Nc2cc(S(=O)(=O)NCc3ccc(F)cc3)ccc2SC[C@H]1CC(=O)N1CCCC1. The molecule has 2 heterocycles. The minimum Gasteiger partial charge on any atom is -0.343 e. The average molecular weight is 478 g/mol. The molecule has 7 nitrogen and oxygen atoms in total. The summed E-state index contributed by atoms with van der Waals surface area (Å²) in [6, 6.07) is 10.1. The van der Waals surface area contributed by atoms with Gasteiger partial charge in [0.25, 0.3) is 0 Å². The second kappa shape index (κ2) is 9.60. The molecule has 32 heavy (non-hydrogen) atoms. The number of sulfonamides is 1. The molecule has 2 aliphatic rings. The van der Waals surface area contributed by atoms with Crippen molar-refractivity contribution in [3.05, 3.63) is 53.8 Å². The average Bonchev–Trinajstić information content (AvgIpc) is 3.27. The monoisotopic (exact) mass is 477 g/mol. The van der Waals surface area contributed by atoms with E-state index in [4.69, 9.17) is 0 Å². The minimum absolute atomic E-state index is 0.0116. The van der Waals surface area contributed by atoms with Crippen molar-refractivity contribution in [3.8, 4) is 0 Å². The Balaban J connectivity index is 1.44. The number of fused-ring (bicyclic) bond motifs is 1. The van der Waals surface area contributed by atoms with Gasteiger partial charge in [-0.15, -0.1) is 11.8 Å². The number of hydrogen-bond acceptors (Lipinski definition) is 5. The Labute approximate surface area is 190 Å². The van der Waals surface area contributed by atoms with Gasteiger partial charge in [0, 0.05) is 36.7 Å². The largest absolute Gasteiger partial charge is 0.343 e. The van der Waals surface area contributed by atoms with Gasteiger partial charge < -0.3 is 10.2 Å². The van der Waals surface area contributed by atoms with Crippen LogP contribution in [0.5, 0.6) is 0 Å². The zero-order chi connectivity index (χ0) is 22.7. The van der Waals surface area contributed by atoms with Crippen LogP contribution in [-0.2, 0) is 26.2 Å². The number of nitrogens with one attached hydrogen (secondary N) is 2. The van der Waals surface area contributed by atoms with E-state index < -0.39 is 21.8 Å². The van der Waals surface area contributed by atoms with E-state index in [-0.39, 0.29) is 29.7 Å². The number of amides is 2. The fraction of sp³-hybridized carbons (Fsp3) is 0.364. The summed E-state index contributed by atoms with van der Waals surface area (Å²) in [6.07, 6.45) is 2.14. The lowest BCUT2D eigenvalue weighted by molar-refractivity contribution is -0.133. The van der Waals surface area contributed by atoms with Crippen molar-refractivity contribution in [2.45, 2.75) is 35.6 Å². The molecule has 0 bridgehead atoms. The van der Waals surface area contributed by atoms with E-state index in [0.29, 0.717) is 17.0 Å². The van der Waals surface area contributed by atoms with Crippen LogP contribution in [0.15, 0.2) is 52.3 Å². The molecular weight excluding hydrogens is 453 g/mol. The number of halogens is 1. The van der Waals surface area contributed by atoms with Crippen LogP contribution in [0.1, 0.15) is 24.8 Å². The first-order valence-corrected chi connectivity index (χ1v) is 12.9. The maximum atomic E-state index is 13.0. The summed E-state index contributed by atoms with van der Waals surface area (Å²) in [5, 5.41) is 2.80. The predicted molar refractivity (Wildman–Crippen MR) is 120 cm³/mol. The smallest absolute Gasteiger partial charge is 0.240 e. The third-order valence-electron chi connectivity index (χ3n) is 5.59. The van der Waals surface area contributed by atoms with Crippen molar-refractivity contribution in [1.29, 1.82) is 0 Å². The highest BCUT2D eigenvalue weighted by Crippen LogP contribution is 2.35. The van der Waals surface area contributed by atoms with Crippen LogP contribution in [-0.4, -0.2) is 44.0 Å². The van der Waals surface area contributed by atoms with Gasteiger partial charge >= 0.3 is 0 Å². The summed E-state index contributed by atoms with van der Waals surface area (Å²) in [5.41, 5.74) is 1.04. The van der Waals surface area contributed by atoms with Crippen LogP contribution in [0.2, 0.25) is 0 Å². The van der Waals surface area contributed by atoms with Crippen LogP contribution in [0.4, 0.5) is 10.1 Å². The summed E-state index contributed by atoms with van der Waals surface area (Å²) in [5.74, 6) is -0.707. The number of carbonyl (C=O) groups excluding carboxylic acids is 2. The van der Waals surface area contributed by atoms with E-state index in [0.717, 1.165) is 30.8 Å². The Morgan fingerprint density at radius 3 is 2.59 bits per heavy atom. The number of carbonyl (C=O) groups is 2. The maximum Gasteiger partial charge on any atom is 0.240 e. The molecule has 0 aromatic heterocycles. The van der Waals surface area contributed by atoms with Crippen molar-refractivity contribution in [1.82, 2.24) is 9.62 Å². The van der Waals surface area contributed by atoms with E-state index in [1.807, 2.05) is 0 Å². The molecule has 0 aliphatic carbocycles. The van der Waals surface area contributed by atoms with Gasteiger partial charge in [-0.1, -0.05) is 12.1 Å². The van der Waals surface area contributed by atoms with Crippen molar-refractivity contribution < 1.29 is 22.4 Å². The summed E-state index contributed by atoms with van der Waals surface area (Å²) in [7, 11) is -3.84. The third kappa shape index (κ3) is 5.31. The summed E-state index contributed by atoms with van der Waals surface area (Å²) >= 11 is 1.43. The standard InChI is InChI=1S/C22H24FN3O4S2/c23-17-5-3-15(4-6-17)13-24-32(29,30)18-7-8-20-19(12-18)25-22(28)16(14-31-20)11-21(27)26-9-1-2-10-26/h3-8,12,16,24H,1-2,9-11,13-14H2,(H,25,28)/t16-/m1/s1. The minimum atomic E-state index is -3.84. The van der Waals surface area contributed by atoms with Crippen molar-refractivity contribution in [2.75, 3.05) is 24.2 Å². The molecular formula is C22H24FN3O4S2. The fourth-order valence-corrected chi connectivity index (χ4v) is 5.85. The summed E-state index contributed by atoms with van der Waals surface area (Å²) in [6.45, 7) is 1.50. The Kier molecular flexibility index (Phi) is 6.82. The molecule has 2 N–H and O–H groups in total. The Hall–Kier alpha value is -2.43. The van der Waals surface area contributed by atoms with Gasteiger partial charge in [-0.2, -0.15) is 0 Å². The van der Waals surface area contributed by atoms with Crippen molar-refractivity contribution in [2.24, 2.45) is 5.92 Å². The molecule has 0 unspecified atom stereocenters. The molecule has 0 radical (unpaired) electrons. The highest BCUT2D eigenvalue weighted by atomic mass is 32.2.